The van der Waals surface area contributed by atoms with Crippen LogP contribution >= 0.6 is 34.8 Å². The van der Waals surface area contributed by atoms with E-state index >= 15 is 0 Å². The molecule has 9 N–H and O–H groups in total. The van der Waals surface area contributed by atoms with E-state index in [-0.39, 0.29) is 30.0 Å². The van der Waals surface area contributed by atoms with Crippen LogP contribution in [0.2, 0.25) is 15.1 Å². The van der Waals surface area contributed by atoms with E-state index in [2.05, 4.69) is 159 Å². The minimum atomic E-state index is -4.45. The van der Waals surface area contributed by atoms with Gasteiger partial charge in [-0.05, 0) is 198 Å². The molecule has 650 valence electrons. The van der Waals surface area contributed by atoms with Crippen LogP contribution in [-0.4, -0.2) is 154 Å². The molecule has 9 aromatic carbocycles. The van der Waals surface area contributed by atoms with Gasteiger partial charge in [-0.1, -0.05) is 192 Å². The average Bonchev–Trinajstić information content (AvgIpc) is 1.81. The number of carbonyl (C=O) groups excluding carboxylic acids is 1. The largest absolute Gasteiger partial charge is 0.416 e. The van der Waals surface area contributed by atoms with Crippen LogP contribution in [0.15, 0.2) is 228 Å². The van der Waals surface area contributed by atoms with Crippen LogP contribution in [0.5, 0.6) is 0 Å². The third kappa shape index (κ3) is 23.0. The molecule has 5 aliphatic heterocycles. The first-order valence-corrected chi connectivity index (χ1v) is 44.9. The maximum atomic E-state index is 13.2. The van der Waals surface area contributed by atoms with Crippen LogP contribution in [0, 0.1) is 67.1 Å². The minimum Gasteiger partial charge on any atom is -0.383 e. The monoisotopic (exact) mass is 1770 g/mol. The second kappa shape index (κ2) is 41.2. The Labute approximate surface area is 765 Å². The number of anilines is 4. The Bertz CT molecular complexity index is 6520. The summed E-state index contributed by atoms with van der Waals surface area (Å²) in [7, 11) is 0. The molecule has 1 aliphatic carbocycles. The fourth-order valence-corrected chi connectivity index (χ4v) is 17.2. The number of hydrogen-bond acceptors (Lipinski definition) is 17. The summed E-state index contributed by atoms with van der Waals surface area (Å²) in [4.78, 5) is 53.9. The van der Waals surface area contributed by atoms with E-state index in [1.807, 2.05) is 78.9 Å². The van der Waals surface area contributed by atoms with Gasteiger partial charge in [0.2, 0.25) is 0 Å². The Morgan fingerprint density at radius 2 is 0.829 bits per heavy atom. The number of nitrogens with one attached hydrogen (secondary N) is 1. The maximum absolute atomic E-state index is 13.2. The first-order chi connectivity index (χ1) is 62.6. The van der Waals surface area contributed by atoms with Crippen molar-refractivity contribution in [3.8, 4) is 47.4 Å². The van der Waals surface area contributed by atoms with Gasteiger partial charge in [-0.25, -0.2) is 19.9 Å². The molecule has 1 atom stereocenters. The van der Waals surface area contributed by atoms with Crippen LogP contribution in [0.25, 0.3) is 43.1 Å². The molecule has 0 bridgehead atoms. The summed E-state index contributed by atoms with van der Waals surface area (Å²) in [6.07, 6.45) is 13.2. The van der Waals surface area contributed by atoms with Gasteiger partial charge in [-0.2, -0.15) is 13.2 Å². The predicted octanol–water partition coefficient (Wildman–Crippen LogP) is 19.0. The van der Waals surface area contributed by atoms with Crippen LogP contribution in [0.3, 0.4) is 0 Å². The molecule has 129 heavy (non-hydrogen) atoms. The number of nitrogen functional groups attached to an aromatic ring is 4. The maximum Gasteiger partial charge on any atom is 0.416 e. The lowest BCUT2D eigenvalue weighted by atomic mass is 9.98. The van der Waals surface area contributed by atoms with Crippen LogP contribution < -0.4 is 28.3 Å². The molecule has 6 aliphatic rings. The lowest BCUT2D eigenvalue weighted by Gasteiger charge is -2.29. The summed E-state index contributed by atoms with van der Waals surface area (Å²) in [5, 5.41) is 13.0. The molecule has 0 radical (unpaired) electrons. The normalized spacial score (nSPS) is 15.5. The number of aromatic nitrogens is 4. The summed E-state index contributed by atoms with van der Waals surface area (Å²) in [5.41, 5.74) is 35.7. The zero-order valence-electron chi connectivity index (χ0n) is 72.0. The van der Waals surface area contributed by atoms with Crippen molar-refractivity contribution in [3.63, 3.8) is 0 Å². The van der Waals surface area contributed by atoms with Crippen LogP contribution in [0.4, 0.5) is 36.4 Å². The topological polar surface area (TPSA) is 235 Å². The molecule has 19 rings (SSSR count). The Hall–Kier alpha value is -13.3. The summed E-state index contributed by atoms with van der Waals surface area (Å²) in [5.74, 6) is 30.9. The van der Waals surface area contributed by atoms with Gasteiger partial charge in [-0.3, -0.25) is 19.8 Å². The Kier molecular flexibility index (Phi) is 28.5. The molecule has 1 saturated carbocycles. The second-order valence-corrected chi connectivity index (χ2v) is 34.6. The van der Waals surface area contributed by atoms with Crippen molar-refractivity contribution in [2.75, 3.05) is 108 Å². The highest BCUT2D eigenvalue weighted by Crippen LogP contribution is 2.36. The highest BCUT2D eigenvalue weighted by Gasteiger charge is 2.35. The number of amidine groups is 3. The first-order valence-electron chi connectivity index (χ1n) is 43.8. The summed E-state index contributed by atoms with van der Waals surface area (Å²) < 4.78 is 39.5. The molecule has 13 aromatic rings. The first kappa shape index (κ1) is 89.1. The molecular weight excluding hydrogens is 1680 g/mol. The molecule has 4 aromatic heterocycles. The van der Waals surface area contributed by atoms with Gasteiger partial charge in [0.15, 0.2) is 0 Å². The number of fused-ring (bicyclic) bond motifs is 4. The van der Waals surface area contributed by atoms with E-state index in [9.17, 15) is 18.0 Å². The molecular formula is C106H98Cl3F3N16O. The number of alkyl halides is 3. The number of benzene rings is 9. The van der Waals surface area contributed by atoms with E-state index in [0.717, 1.165) is 176 Å². The lowest BCUT2D eigenvalue weighted by Crippen LogP contribution is -2.39. The van der Waals surface area contributed by atoms with E-state index in [4.69, 9.17) is 67.7 Å². The van der Waals surface area contributed by atoms with Crippen molar-refractivity contribution in [2.45, 2.75) is 90.3 Å². The average molecular weight is 1780 g/mol. The Morgan fingerprint density at radius 3 is 1.26 bits per heavy atom. The van der Waals surface area contributed by atoms with Gasteiger partial charge in [0.05, 0.1) is 47.5 Å². The van der Waals surface area contributed by atoms with Gasteiger partial charge in [0, 0.05) is 180 Å². The number of aryl methyl sites for hydroxylation is 2. The third-order valence-corrected chi connectivity index (χ3v) is 24.6. The van der Waals surface area contributed by atoms with E-state index in [1.54, 1.807) is 67.3 Å². The van der Waals surface area contributed by atoms with Crippen LogP contribution in [-0.2, 0) is 23.8 Å². The molecule has 23 heteroatoms. The second-order valence-electron chi connectivity index (χ2n) is 33.3. The lowest BCUT2D eigenvalue weighted by molar-refractivity contribution is -0.138. The van der Waals surface area contributed by atoms with E-state index < -0.39 is 11.7 Å². The molecule has 3 fully saturated rings. The minimum absolute atomic E-state index is 0.0817. The summed E-state index contributed by atoms with van der Waals surface area (Å²) in [6.45, 7) is 17.3. The van der Waals surface area contributed by atoms with Crippen molar-refractivity contribution >= 4 is 124 Å². The van der Waals surface area contributed by atoms with Crippen molar-refractivity contribution < 1.29 is 18.0 Å². The Balaban J connectivity index is 0.000000126. The molecule has 2 saturated heterocycles. The number of rotatable bonds is 14. The van der Waals surface area contributed by atoms with Gasteiger partial charge in [-0.15, -0.1) is 0 Å². The summed E-state index contributed by atoms with van der Waals surface area (Å²) >= 11 is 18.5. The van der Waals surface area contributed by atoms with Gasteiger partial charge in [0.1, 0.15) is 46.6 Å². The van der Waals surface area contributed by atoms with Crippen molar-refractivity contribution in [1.29, 1.82) is 0 Å². The van der Waals surface area contributed by atoms with E-state index in [1.165, 1.54) is 96.1 Å². The fourth-order valence-electron chi connectivity index (χ4n) is 16.7. The zero-order chi connectivity index (χ0) is 89.5. The fraction of sp³-hybridized carbons (Fsp3) is 0.264. The number of halogens is 6. The van der Waals surface area contributed by atoms with Gasteiger partial charge < -0.3 is 47.9 Å². The third-order valence-electron chi connectivity index (χ3n) is 23.9. The Morgan fingerprint density at radius 1 is 0.426 bits per heavy atom. The zero-order valence-corrected chi connectivity index (χ0v) is 74.3. The number of pyridine rings is 4. The number of piperidine rings is 2. The molecule has 1 unspecified atom stereocenters. The van der Waals surface area contributed by atoms with Crippen molar-refractivity contribution in [3.05, 3.63) is 317 Å². The van der Waals surface area contributed by atoms with Gasteiger partial charge in [0.25, 0.3) is 0 Å². The van der Waals surface area contributed by atoms with Crippen LogP contribution in [0.1, 0.15) is 140 Å². The number of aliphatic imine (C=N–C) groups is 3. The number of Topliss-reactive ketones (excluding diaryl/α,β-unsaturated/α-hetero) is 1. The number of ketones is 1. The number of nitrogens with zero attached hydrogens (tertiary/aromatic N) is 11. The highest BCUT2D eigenvalue weighted by atomic mass is 35.5. The molecule has 0 amide bonds. The number of likely N-dealkylation sites (tertiary alicyclic amines) is 2. The SMILES string of the molecule is Cc1ccc(CC(=O)Cc2cccc(C#Cc3c(N)ncc4ccc(Cl)cc34)c2)cc1C(F)(F)F.Cc1ccc2cnc(N)c(C#Cc3ccc(C4=NCC(C5CC5)N4)cc3)c2c1.Nc1ncc2ccc(Cl)cc2c1C#Cc1ccc(C2=NCCN2CCN2CCCCC2)cc1.Nc1ncc2ccc(Cl)cc2c1C#Cc1ccc(C2=NCCN2CCN2CCCCC2)cc1. The standard InChI is InChI=1S/C28H20ClF3N2O.2C27H28ClN5.C24H22N4/c1-17-5-6-20(14-26(17)28(30,31)32)13-23(35)12-19-4-2-3-18(11-19)7-10-24-25-15-22(29)9-8-21(25)16-34-27(24)33;2*28-23-10-9-22-19-31-26(29)24(25(22)18-23)11-6-20-4-7-21(8-5-20)27-30-12-15-33(27)17-16-32-13-2-1-3-14-32;1-15-2-6-19-13-26-23(25)20(21(19)12-15)11-5-16-3-7-18(8-4-16)24-27-14-22(28-24)17-9-10-17/h2-6,8-9,11,14-16H,12-13H2,1H3,(H2,33,34);2*4-5,7-10,18-19H,1-3,12-17H2,(H2,29,31);2-4,6-8,12-13,17,22H,9-10,14H2,1H3,(H2,25,26)(H,27,28). The number of nitrogens with two attached hydrogens (primary N) is 4. The van der Waals surface area contributed by atoms with Crippen molar-refractivity contribution in [2.24, 2.45) is 20.9 Å². The number of carbonyl (C=O) groups is 1. The van der Waals surface area contributed by atoms with E-state index in [0.29, 0.717) is 66.4 Å². The highest BCUT2D eigenvalue weighted by molar-refractivity contribution is 6.32. The predicted molar refractivity (Wildman–Crippen MR) is 520 cm³/mol. The molecule has 17 nitrogen and oxygen atoms in total. The van der Waals surface area contributed by atoms with Crippen molar-refractivity contribution in [1.82, 2.24) is 44.9 Å². The molecule has 0 spiro atoms. The smallest absolute Gasteiger partial charge is 0.383 e. The number of hydrogen-bond donors (Lipinski definition) is 5. The summed E-state index contributed by atoms with van der Waals surface area (Å²) in [6, 6.07) is 59.5. The quantitative estimate of drug-likeness (QED) is 0.0637. The van der Waals surface area contributed by atoms with Gasteiger partial charge >= 0.3 is 6.18 Å². The molecule has 9 heterocycles.